The van der Waals surface area contributed by atoms with E-state index in [0.717, 1.165) is 0 Å². The van der Waals surface area contributed by atoms with Crippen molar-refractivity contribution in [3.8, 4) is 0 Å². The molecule has 0 N–H and O–H groups in total. The zero-order valence-corrected chi connectivity index (χ0v) is 11.4. The molecular weight excluding hydrogens is 228 g/mol. The molecule has 0 rings (SSSR count). The lowest BCUT2D eigenvalue weighted by molar-refractivity contribution is -0.134. The summed E-state index contributed by atoms with van der Waals surface area (Å²) < 4.78 is 20.6. The smallest absolute Gasteiger partial charge is 0.470 e. The molecule has 0 saturated heterocycles. The Morgan fingerprint density at radius 2 is 1.81 bits per heavy atom. The minimum absolute atomic E-state index is 0.331. The van der Waals surface area contributed by atoms with Crippen LogP contribution in [0.3, 0.4) is 0 Å². The summed E-state index contributed by atoms with van der Waals surface area (Å²) in [5, 5.41) is 0. The van der Waals surface area contributed by atoms with Crippen LogP contribution in [0.1, 0.15) is 13.3 Å². The van der Waals surface area contributed by atoms with E-state index in [9.17, 15) is 4.79 Å². The quantitative estimate of drug-likeness (QED) is 0.369. The van der Waals surface area contributed by atoms with Crippen LogP contribution in [-0.4, -0.2) is 42.7 Å². The molecule has 0 heterocycles. The van der Waals surface area contributed by atoms with Crippen LogP contribution in [0, 0.1) is 0 Å². The molecule has 0 aromatic rings. The molecule has 5 nitrogen and oxygen atoms in total. The van der Waals surface area contributed by atoms with Crippen molar-refractivity contribution < 1.29 is 22.8 Å². The normalized spacial score (nSPS) is 11.2. The van der Waals surface area contributed by atoms with E-state index in [1.807, 2.05) is 0 Å². The molecule has 0 spiro atoms. The van der Waals surface area contributed by atoms with E-state index in [4.69, 9.17) is 18.0 Å². The number of hydrogen-bond donors (Lipinski definition) is 0. The van der Waals surface area contributed by atoms with Gasteiger partial charge in [0.2, 0.25) is 0 Å². The van der Waals surface area contributed by atoms with Gasteiger partial charge in [-0.3, -0.25) is 0 Å². The van der Waals surface area contributed by atoms with Crippen molar-refractivity contribution in [1.82, 2.24) is 0 Å². The second kappa shape index (κ2) is 7.56. The largest absolute Gasteiger partial charge is 0.567 e. The molecule has 0 aliphatic rings. The topological polar surface area (TPSA) is 54.0 Å². The molecule has 0 bridgehead atoms. The number of rotatable bonds is 8. The number of hydrogen-bond acceptors (Lipinski definition) is 5. The summed E-state index contributed by atoms with van der Waals surface area (Å²) in [6.45, 7) is 5.68. The Labute approximate surface area is 97.7 Å². The van der Waals surface area contributed by atoms with Gasteiger partial charge >= 0.3 is 14.8 Å². The van der Waals surface area contributed by atoms with Gasteiger partial charge in [0, 0.05) is 39.6 Å². The van der Waals surface area contributed by atoms with E-state index in [0.29, 0.717) is 24.6 Å². The fourth-order valence-corrected chi connectivity index (χ4v) is 2.96. The zero-order valence-electron chi connectivity index (χ0n) is 10.4. The van der Waals surface area contributed by atoms with Crippen molar-refractivity contribution in [2.45, 2.75) is 19.4 Å². The Hall–Kier alpha value is -0.693. The third-order valence-corrected chi connectivity index (χ3v) is 4.76. The summed E-state index contributed by atoms with van der Waals surface area (Å²) in [6.07, 6.45) is 0.716. The van der Waals surface area contributed by atoms with E-state index < -0.39 is 14.8 Å². The molecule has 0 atom stereocenters. The summed E-state index contributed by atoms with van der Waals surface area (Å²) in [4.78, 5) is 11.4. The van der Waals surface area contributed by atoms with Gasteiger partial charge in [-0.2, -0.15) is 0 Å². The maximum Gasteiger partial charge on any atom is 0.567 e. The Balaban J connectivity index is 4.42. The molecule has 0 fully saturated rings. The van der Waals surface area contributed by atoms with E-state index in [-0.39, 0.29) is 0 Å². The predicted octanol–water partition coefficient (Wildman–Crippen LogP) is 1.37. The highest BCUT2D eigenvalue weighted by molar-refractivity contribution is 6.62. The first-order valence-corrected chi connectivity index (χ1v) is 6.92. The molecule has 0 aliphatic heterocycles. The Morgan fingerprint density at radius 3 is 2.19 bits per heavy atom. The molecule has 16 heavy (non-hydrogen) atoms. The number of ether oxygens (including phenoxy) is 1. The summed E-state index contributed by atoms with van der Waals surface area (Å²) >= 11 is 0. The van der Waals surface area contributed by atoms with Crippen molar-refractivity contribution in [3.05, 3.63) is 12.2 Å². The van der Waals surface area contributed by atoms with Crippen molar-refractivity contribution >= 4 is 14.8 Å². The van der Waals surface area contributed by atoms with E-state index in [1.165, 1.54) is 14.2 Å². The summed E-state index contributed by atoms with van der Waals surface area (Å²) in [6, 6.07) is 0.535. The van der Waals surface area contributed by atoms with Gasteiger partial charge < -0.3 is 18.0 Å². The van der Waals surface area contributed by atoms with Crippen LogP contribution in [0.2, 0.25) is 6.04 Å². The van der Waals surface area contributed by atoms with Crippen LogP contribution in [0.15, 0.2) is 12.2 Å². The van der Waals surface area contributed by atoms with Gasteiger partial charge in [0.15, 0.2) is 0 Å². The van der Waals surface area contributed by atoms with Crippen LogP contribution in [0.4, 0.5) is 0 Å². The fourth-order valence-electron chi connectivity index (χ4n) is 1.08. The molecule has 6 heteroatoms. The molecule has 0 aromatic carbocycles. The second-order valence-electron chi connectivity index (χ2n) is 3.36. The maximum absolute atomic E-state index is 11.4. The summed E-state index contributed by atoms with van der Waals surface area (Å²) in [5.41, 5.74) is 0.331. The van der Waals surface area contributed by atoms with Gasteiger partial charge in [0.25, 0.3) is 0 Å². The molecule has 0 unspecified atom stereocenters. The van der Waals surface area contributed by atoms with Gasteiger partial charge in [0.05, 0.1) is 0 Å². The SMILES string of the molecule is C=C(C)C(=O)O[Si](CCCOC)(OC)OC. The Morgan fingerprint density at radius 1 is 1.25 bits per heavy atom. The van der Waals surface area contributed by atoms with Gasteiger partial charge in [-0.25, -0.2) is 4.79 Å². The highest BCUT2D eigenvalue weighted by Gasteiger charge is 2.42. The van der Waals surface area contributed by atoms with Gasteiger partial charge in [-0.15, -0.1) is 0 Å². The zero-order chi connectivity index (χ0) is 12.6. The lowest BCUT2D eigenvalue weighted by Crippen LogP contribution is -2.45. The predicted molar refractivity (Wildman–Crippen MR) is 62.0 cm³/mol. The van der Waals surface area contributed by atoms with Crippen LogP contribution < -0.4 is 0 Å². The average molecular weight is 248 g/mol. The Kier molecular flexibility index (Phi) is 7.23. The number of methoxy groups -OCH3 is 1. The third-order valence-electron chi connectivity index (χ3n) is 2.05. The van der Waals surface area contributed by atoms with Gasteiger partial charge in [-0.05, 0) is 13.3 Å². The molecule has 94 valence electrons. The van der Waals surface area contributed by atoms with Crippen LogP contribution >= 0.6 is 0 Å². The summed E-state index contributed by atoms with van der Waals surface area (Å²) in [5.74, 6) is -0.479. The molecule has 0 saturated carbocycles. The molecular formula is C10H20O5Si. The van der Waals surface area contributed by atoms with Gasteiger partial charge in [-0.1, -0.05) is 6.58 Å². The molecule has 0 radical (unpaired) electrons. The van der Waals surface area contributed by atoms with Crippen molar-refractivity contribution in [2.24, 2.45) is 0 Å². The number of carbonyl (C=O) groups excluding carboxylic acids is 1. The average Bonchev–Trinajstić information content (AvgIpc) is 2.27. The lowest BCUT2D eigenvalue weighted by Gasteiger charge is -2.25. The van der Waals surface area contributed by atoms with Crippen LogP contribution in [0.5, 0.6) is 0 Å². The highest BCUT2D eigenvalue weighted by atomic mass is 28.4. The minimum atomic E-state index is -2.90. The first-order valence-electron chi connectivity index (χ1n) is 4.99. The minimum Gasteiger partial charge on any atom is -0.470 e. The number of carbonyl (C=O) groups is 1. The Bertz CT molecular complexity index is 237. The van der Waals surface area contributed by atoms with E-state index in [2.05, 4.69) is 6.58 Å². The first-order chi connectivity index (χ1) is 7.51. The van der Waals surface area contributed by atoms with Crippen LogP contribution in [0.25, 0.3) is 0 Å². The molecule has 0 aliphatic carbocycles. The highest BCUT2D eigenvalue weighted by Crippen LogP contribution is 2.17. The standard InChI is InChI=1S/C10H20O5Si/c1-9(2)10(11)15-16(13-4,14-5)8-6-7-12-3/h1,6-8H2,2-5H3. The maximum atomic E-state index is 11.4. The second-order valence-corrected chi connectivity index (χ2v) is 6.24. The lowest BCUT2D eigenvalue weighted by atomic mass is 10.4. The van der Waals surface area contributed by atoms with Crippen molar-refractivity contribution in [3.63, 3.8) is 0 Å². The summed E-state index contributed by atoms with van der Waals surface area (Å²) in [7, 11) is 1.68. The third kappa shape index (κ3) is 4.89. The molecule has 0 amide bonds. The van der Waals surface area contributed by atoms with E-state index in [1.54, 1.807) is 14.0 Å². The van der Waals surface area contributed by atoms with Crippen molar-refractivity contribution in [2.75, 3.05) is 27.9 Å². The first kappa shape index (κ1) is 15.3. The fraction of sp³-hybridized carbons (Fsp3) is 0.700. The van der Waals surface area contributed by atoms with Crippen molar-refractivity contribution in [1.29, 1.82) is 0 Å². The van der Waals surface area contributed by atoms with Gasteiger partial charge in [0.1, 0.15) is 0 Å². The van der Waals surface area contributed by atoms with Crippen LogP contribution in [-0.2, 0) is 22.8 Å². The van der Waals surface area contributed by atoms with E-state index >= 15 is 0 Å². The monoisotopic (exact) mass is 248 g/mol. The molecule has 0 aromatic heterocycles.